The average Bonchev–Trinajstić information content (AvgIpc) is 3.08. The molecular formula is C16H14ClN3O. The van der Waals surface area contributed by atoms with Crippen molar-refractivity contribution in [1.82, 2.24) is 9.55 Å². The molecule has 0 spiro atoms. The molecular weight excluding hydrogens is 286 g/mol. The molecule has 0 saturated heterocycles. The summed E-state index contributed by atoms with van der Waals surface area (Å²) in [6, 6.07) is 11.5. The number of aromatic nitrogens is 2. The zero-order valence-electron chi connectivity index (χ0n) is 11.8. The van der Waals surface area contributed by atoms with Crippen LogP contribution in [0.15, 0.2) is 34.7 Å². The van der Waals surface area contributed by atoms with Crippen LogP contribution in [-0.2, 0) is 5.88 Å². The van der Waals surface area contributed by atoms with E-state index in [1.54, 1.807) is 6.07 Å². The Hall–Kier alpha value is -2.25. The van der Waals surface area contributed by atoms with Gasteiger partial charge in [-0.15, -0.1) is 11.6 Å². The zero-order chi connectivity index (χ0) is 15.0. The fraction of sp³-hybridized carbons (Fsp3) is 0.250. The summed E-state index contributed by atoms with van der Waals surface area (Å²) in [7, 11) is 0. The summed E-state index contributed by atoms with van der Waals surface area (Å²) in [5, 5.41) is 9.09. The molecule has 106 valence electrons. The average molecular weight is 300 g/mol. The van der Waals surface area contributed by atoms with Crippen LogP contribution in [-0.4, -0.2) is 9.55 Å². The lowest BCUT2D eigenvalue weighted by molar-refractivity contribution is 0.429. The Balaban J connectivity index is 2.21. The van der Waals surface area contributed by atoms with E-state index in [0.717, 1.165) is 28.4 Å². The molecule has 2 heterocycles. The Labute approximate surface area is 127 Å². The van der Waals surface area contributed by atoms with E-state index in [2.05, 4.69) is 11.1 Å². The number of aryl methyl sites for hydroxylation is 1. The van der Waals surface area contributed by atoms with Gasteiger partial charge in [0.2, 0.25) is 0 Å². The maximum atomic E-state index is 9.09. The maximum Gasteiger partial charge on any atom is 0.126 e. The molecule has 0 aliphatic heterocycles. The number of nitriles is 1. The minimum Gasteiger partial charge on any atom is -0.464 e. The number of hydrogen-bond acceptors (Lipinski definition) is 3. The number of rotatable bonds is 3. The zero-order valence-corrected chi connectivity index (χ0v) is 12.6. The molecule has 4 nitrogen and oxygen atoms in total. The van der Waals surface area contributed by atoms with Crippen LogP contribution in [0.2, 0.25) is 0 Å². The molecule has 1 unspecified atom stereocenters. The van der Waals surface area contributed by atoms with E-state index in [1.165, 1.54) is 0 Å². The van der Waals surface area contributed by atoms with E-state index in [-0.39, 0.29) is 6.04 Å². The second-order valence-electron chi connectivity index (χ2n) is 4.97. The Bertz CT molecular complexity index is 841. The van der Waals surface area contributed by atoms with Gasteiger partial charge in [-0.25, -0.2) is 4.98 Å². The molecule has 0 N–H and O–H groups in total. The molecule has 0 aliphatic rings. The second kappa shape index (κ2) is 5.27. The number of nitrogens with zero attached hydrogens (tertiary/aromatic N) is 3. The normalized spacial score (nSPS) is 12.5. The number of halogens is 1. The van der Waals surface area contributed by atoms with Crippen LogP contribution in [0, 0.1) is 18.3 Å². The fourth-order valence-corrected chi connectivity index (χ4v) is 2.73. The first-order valence-corrected chi connectivity index (χ1v) is 7.20. The van der Waals surface area contributed by atoms with Crippen LogP contribution in [0.1, 0.15) is 35.9 Å². The molecule has 0 fully saturated rings. The van der Waals surface area contributed by atoms with Gasteiger partial charge in [0.05, 0.1) is 34.6 Å². The maximum absolute atomic E-state index is 9.09. The Kier molecular flexibility index (Phi) is 3.44. The predicted molar refractivity (Wildman–Crippen MR) is 81.3 cm³/mol. The van der Waals surface area contributed by atoms with Crippen LogP contribution in [0.5, 0.6) is 0 Å². The minimum absolute atomic E-state index is 0.0357. The molecule has 3 aromatic rings. The van der Waals surface area contributed by atoms with Gasteiger partial charge < -0.3 is 8.98 Å². The van der Waals surface area contributed by atoms with Gasteiger partial charge in [-0.05, 0) is 44.2 Å². The molecule has 0 radical (unpaired) electrons. The van der Waals surface area contributed by atoms with Gasteiger partial charge in [0.25, 0.3) is 0 Å². The number of furan rings is 1. The first kappa shape index (κ1) is 13.7. The first-order valence-electron chi connectivity index (χ1n) is 6.67. The van der Waals surface area contributed by atoms with E-state index >= 15 is 0 Å². The van der Waals surface area contributed by atoms with E-state index in [0.29, 0.717) is 11.4 Å². The Morgan fingerprint density at radius 2 is 2.19 bits per heavy atom. The monoisotopic (exact) mass is 299 g/mol. The molecule has 1 aromatic carbocycles. The third-order valence-corrected chi connectivity index (χ3v) is 3.81. The van der Waals surface area contributed by atoms with Gasteiger partial charge in [-0.1, -0.05) is 0 Å². The molecule has 2 aromatic heterocycles. The number of benzene rings is 1. The van der Waals surface area contributed by atoms with Gasteiger partial charge >= 0.3 is 0 Å². The lowest BCUT2D eigenvalue weighted by Crippen LogP contribution is -2.09. The van der Waals surface area contributed by atoms with Crippen LogP contribution < -0.4 is 0 Å². The number of alkyl halides is 1. The van der Waals surface area contributed by atoms with E-state index < -0.39 is 0 Å². The third kappa shape index (κ3) is 2.30. The van der Waals surface area contributed by atoms with Crippen molar-refractivity contribution in [3.05, 3.63) is 53.2 Å². The van der Waals surface area contributed by atoms with Crippen LogP contribution in [0.25, 0.3) is 11.0 Å². The lowest BCUT2D eigenvalue weighted by atomic mass is 10.2. The second-order valence-corrected chi connectivity index (χ2v) is 5.24. The smallest absolute Gasteiger partial charge is 0.126 e. The van der Waals surface area contributed by atoms with Gasteiger partial charge in [0, 0.05) is 0 Å². The molecule has 0 amide bonds. The molecule has 5 heteroatoms. The van der Waals surface area contributed by atoms with Crippen molar-refractivity contribution in [2.24, 2.45) is 0 Å². The van der Waals surface area contributed by atoms with Crippen LogP contribution in [0.4, 0.5) is 0 Å². The van der Waals surface area contributed by atoms with E-state index in [1.807, 2.05) is 42.7 Å². The van der Waals surface area contributed by atoms with Gasteiger partial charge in [0.1, 0.15) is 17.3 Å². The molecule has 0 saturated carbocycles. The highest BCUT2D eigenvalue weighted by Gasteiger charge is 2.19. The molecule has 0 aliphatic carbocycles. The SMILES string of the molecule is Cc1ccc(C(C)n2c(CCl)nc3ccc(C#N)cc32)o1. The number of imidazole rings is 1. The van der Waals surface area contributed by atoms with Crippen molar-refractivity contribution >= 4 is 22.6 Å². The number of fused-ring (bicyclic) bond motifs is 1. The third-order valence-electron chi connectivity index (χ3n) is 3.57. The number of hydrogen-bond donors (Lipinski definition) is 0. The standard InChI is InChI=1S/C16H14ClN3O/c1-10-3-6-15(21-10)11(2)20-14-7-12(9-18)4-5-13(14)19-16(20)8-17/h3-7,11H,8H2,1-2H3. The largest absolute Gasteiger partial charge is 0.464 e. The Morgan fingerprint density at radius 3 is 2.81 bits per heavy atom. The van der Waals surface area contributed by atoms with Gasteiger partial charge in [-0.3, -0.25) is 0 Å². The summed E-state index contributed by atoms with van der Waals surface area (Å²) in [4.78, 5) is 4.54. The highest BCUT2D eigenvalue weighted by atomic mass is 35.5. The predicted octanol–water partition coefficient (Wildman–Crippen LogP) is 4.16. The van der Waals surface area contributed by atoms with E-state index in [4.69, 9.17) is 21.3 Å². The van der Waals surface area contributed by atoms with Crippen molar-refractivity contribution in [3.63, 3.8) is 0 Å². The van der Waals surface area contributed by atoms with Crippen molar-refractivity contribution in [2.75, 3.05) is 0 Å². The lowest BCUT2D eigenvalue weighted by Gasteiger charge is -2.14. The molecule has 21 heavy (non-hydrogen) atoms. The minimum atomic E-state index is -0.0357. The topological polar surface area (TPSA) is 54.8 Å². The quantitative estimate of drug-likeness (QED) is 0.682. The van der Waals surface area contributed by atoms with Crippen molar-refractivity contribution in [1.29, 1.82) is 5.26 Å². The van der Waals surface area contributed by atoms with Crippen molar-refractivity contribution in [2.45, 2.75) is 25.8 Å². The highest BCUT2D eigenvalue weighted by Crippen LogP contribution is 2.28. The summed E-state index contributed by atoms with van der Waals surface area (Å²) in [5.41, 5.74) is 2.33. The summed E-state index contributed by atoms with van der Waals surface area (Å²) < 4.78 is 7.75. The summed E-state index contributed by atoms with van der Waals surface area (Å²) in [5.74, 6) is 2.79. The van der Waals surface area contributed by atoms with Gasteiger partial charge in [0.15, 0.2) is 0 Å². The summed E-state index contributed by atoms with van der Waals surface area (Å²) >= 11 is 6.04. The van der Waals surface area contributed by atoms with Crippen LogP contribution in [0.3, 0.4) is 0 Å². The fourth-order valence-electron chi connectivity index (χ4n) is 2.54. The van der Waals surface area contributed by atoms with Crippen molar-refractivity contribution in [3.8, 4) is 6.07 Å². The van der Waals surface area contributed by atoms with Crippen LogP contribution >= 0.6 is 11.6 Å². The Morgan fingerprint density at radius 1 is 1.38 bits per heavy atom. The highest BCUT2D eigenvalue weighted by molar-refractivity contribution is 6.16. The molecule has 1 atom stereocenters. The molecule has 3 rings (SSSR count). The van der Waals surface area contributed by atoms with Gasteiger partial charge in [-0.2, -0.15) is 5.26 Å². The first-order chi connectivity index (χ1) is 10.1. The van der Waals surface area contributed by atoms with Crippen molar-refractivity contribution < 1.29 is 4.42 Å². The molecule has 0 bridgehead atoms. The summed E-state index contributed by atoms with van der Waals surface area (Å²) in [6.45, 7) is 3.95. The van der Waals surface area contributed by atoms with E-state index in [9.17, 15) is 0 Å². The summed E-state index contributed by atoms with van der Waals surface area (Å²) in [6.07, 6.45) is 0.